The Morgan fingerprint density at radius 2 is 2.11 bits per heavy atom. The van der Waals surface area contributed by atoms with Crippen LogP contribution in [-0.4, -0.2) is 10.2 Å². The van der Waals surface area contributed by atoms with Crippen LogP contribution in [-0.2, 0) is 12.8 Å². The molecule has 4 heteroatoms. The van der Waals surface area contributed by atoms with Gasteiger partial charge in [-0.15, -0.1) is 10.2 Å². The molecule has 1 unspecified atom stereocenters. The van der Waals surface area contributed by atoms with Crippen molar-refractivity contribution in [3.63, 3.8) is 0 Å². The van der Waals surface area contributed by atoms with Crippen molar-refractivity contribution < 1.29 is 4.42 Å². The minimum absolute atomic E-state index is 0.148. The van der Waals surface area contributed by atoms with E-state index < -0.39 is 0 Å². The zero-order valence-electron chi connectivity index (χ0n) is 10.9. The predicted molar refractivity (Wildman–Crippen MR) is 70.1 cm³/mol. The van der Waals surface area contributed by atoms with Crippen molar-refractivity contribution in [1.82, 2.24) is 10.2 Å². The first kappa shape index (κ1) is 12.8. The van der Waals surface area contributed by atoms with Crippen LogP contribution >= 0.6 is 0 Å². The van der Waals surface area contributed by atoms with Gasteiger partial charge in [-0.05, 0) is 25.3 Å². The molecule has 18 heavy (non-hydrogen) atoms. The third-order valence-electron chi connectivity index (χ3n) is 2.95. The third kappa shape index (κ3) is 3.17. The number of aromatic nitrogens is 2. The van der Waals surface area contributed by atoms with Crippen LogP contribution in [0.25, 0.3) is 0 Å². The van der Waals surface area contributed by atoms with E-state index in [1.807, 2.05) is 6.92 Å². The molecule has 1 heterocycles. The monoisotopic (exact) mass is 245 g/mol. The van der Waals surface area contributed by atoms with E-state index in [2.05, 4.69) is 41.4 Å². The van der Waals surface area contributed by atoms with Gasteiger partial charge in [-0.25, -0.2) is 0 Å². The van der Waals surface area contributed by atoms with Crippen molar-refractivity contribution in [1.29, 1.82) is 0 Å². The van der Waals surface area contributed by atoms with Gasteiger partial charge in [0.25, 0.3) is 0 Å². The highest BCUT2D eigenvalue weighted by Gasteiger charge is 2.12. The summed E-state index contributed by atoms with van der Waals surface area (Å²) < 4.78 is 5.54. The molecule has 1 aromatic heterocycles. The van der Waals surface area contributed by atoms with Crippen molar-refractivity contribution in [3.05, 3.63) is 47.2 Å². The van der Waals surface area contributed by atoms with E-state index in [1.54, 1.807) is 0 Å². The lowest BCUT2D eigenvalue weighted by atomic mass is 10.1. The van der Waals surface area contributed by atoms with Gasteiger partial charge in [-0.1, -0.05) is 36.8 Å². The third-order valence-corrected chi connectivity index (χ3v) is 2.95. The SMILES string of the molecule is CCC(N)c1nnc(CCc2cccc(C)c2)o1. The van der Waals surface area contributed by atoms with Crippen molar-refractivity contribution in [3.8, 4) is 0 Å². The molecule has 2 aromatic rings. The Balaban J connectivity index is 1.96. The number of nitrogens with two attached hydrogens (primary N) is 1. The maximum atomic E-state index is 5.84. The van der Waals surface area contributed by atoms with Crippen LogP contribution in [0.15, 0.2) is 28.7 Å². The molecule has 0 aliphatic carbocycles. The van der Waals surface area contributed by atoms with Gasteiger partial charge in [0, 0.05) is 6.42 Å². The van der Waals surface area contributed by atoms with E-state index in [0.29, 0.717) is 11.8 Å². The van der Waals surface area contributed by atoms with Gasteiger partial charge in [-0.2, -0.15) is 0 Å². The second-order valence-electron chi connectivity index (χ2n) is 4.54. The lowest BCUT2D eigenvalue weighted by molar-refractivity contribution is 0.412. The van der Waals surface area contributed by atoms with Crippen LogP contribution in [0.5, 0.6) is 0 Å². The Kier molecular flexibility index (Phi) is 4.10. The van der Waals surface area contributed by atoms with Crippen molar-refractivity contribution in [2.75, 3.05) is 0 Å². The van der Waals surface area contributed by atoms with E-state index in [9.17, 15) is 0 Å². The Morgan fingerprint density at radius 1 is 1.28 bits per heavy atom. The van der Waals surface area contributed by atoms with Crippen LogP contribution in [0.4, 0.5) is 0 Å². The summed E-state index contributed by atoms with van der Waals surface area (Å²) in [4.78, 5) is 0. The second kappa shape index (κ2) is 5.78. The molecule has 1 aromatic carbocycles. The zero-order valence-corrected chi connectivity index (χ0v) is 10.9. The number of hydrogen-bond acceptors (Lipinski definition) is 4. The van der Waals surface area contributed by atoms with Crippen molar-refractivity contribution >= 4 is 0 Å². The maximum absolute atomic E-state index is 5.84. The molecule has 0 amide bonds. The van der Waals surface area contributed by atoms with Crippen molar-refractivity contribution in [2.45, 2.75) is 39.2 Å². The molecule has 0 saturated heterocycles. The summed E-state index contributed by atoms with van der Waals surface area (Å²) in [6.45, 7) is 4.09. The fraction of sp³-hybridized carbons (Fsp3) is 0.429. The minimum atomic E-state index is -0.148. The summed E-state index contributed by atoms with van der Waals surface area (Å²) in [7, 11) is 0. The Bertz CT molecular complexity index is 507. The number of hydrogen-bond donors (Lipinski definition) is 1. The number of rotatable bonds is 5. The Morgan fingerprint density at radius 3 is 2.83 bits per heavy atom. The maximum Gasteiger partial charge on any atom is 0.233 e. The van der Waals surface area contributed by atoms with Crippen LogP contribution in [0.3, 0.4) is 0 Å². The molecule has 0 bridgehead atoms. The number of nitrogens with zero attached hydrogens (tertiary/aromatic N) is 2. The second-order valence-corrected chi connectivity index (χ2v) is 4.54. The first-order chi connectivity index (χ1) is 8.69. The molecule has 0 aliphatic heterocycles. The predicted octanol–water partition coefficient (Wildman–Crippen LogP) is 2.57. The number of aryl methyl sites for hydroxylation is 3. The summed E-state index contributed by atoms with van der Waals surface area (Å²) >= 11 is 0. The van der Waals surface area contributed by atoms with Crippen molar-refractivity contribution in [2.24, 2.45) is 5.73 Å². The number of benzene rings is 1. The first-order valence-corrected chi connectivity index (χ1v) is 6.32. The summed E-state index contributed by atoms with van der Waals surface area (Å²) in [5.74, 6) is 1.20. The summed E-state index contributed by atoms with van der Waals surface area (Å²) in [5.41, 5.74) is 8.40. The van der Waals surface area contributed by atoms with Gasteiger partial charge in [0.1, 0.15) is 0 Å². The molecule has 0 saturated carbocycles. The van der Waals surface area contributed by atoms with Gasteiger partial charge >= 0.3 is 0 Å². The van der Waals surface area contributed by atoms with E-state index in [0.717, 1.165) is 19.3 Å². The van der Waals surface area contributed by atoms with Crippen LogP contribution < -0.4 is 5.73 Å². The van der Waals surface area contributed by atoms with E-state index in [-0.39, 0.29) is 6.04 Å². The van der Waals surface area contributed by atoms with Crippen LogP contribution in [0.1, 0.15) is 42.3 Å². The molecular formula is C14H19N3O. The average molecular weight is 245 g/mol. The largest absolute Gasteiger partial charge is 0.424 e. The quantitative estimate of drug-likeness (QED) is 0.879. The normalized spacial score (nSPS) is 12.6. The Labute approximate surface area is 107 Å². The molecule has 1 atom stereocenters. The molecule has 0 spiro atoms. The van der Waals surface area contributed by atoms with E-state index >= 15 is 0 Å². The van der Waals surface area contributed by atoms with Crippen LogP contribution in [0, 0.1) is 6.92 Å². The smallest absolute Gasteiger partial charge is 0.233 e. The molecule has 2 rings (SSSR count). The summed E-state index contributed by atoms with van der Waals surface area (Å²) in [5, 5.41) is 8.00. The first-order valence-electron chi connectivity index (χ1n) is 6.32. The van der Waals surface area contributed by atoms with Gasteiger partial charge < -0.3 is 10.2 Å². The lowest BCUT2D eigenvalue weighted by Gasteiger charge is -2.01. The highest BCUT2D eigenvalue weighted by molar-refractivity contribution is 5.22. The summed E-state index contributed by atoms with van der Waals surface area (Å²) in [6, 6.07) is 8.30. The average Bonchev–Trinajstić information content (AvgIpc) is 2.84. The molecule has 0 fully saturated rings. The van der Waals surface area contributed by atoms with Gasteiger partial charge in [-0.3, -0.25) is 0 Å². The van der Waals surface area contributed by atoms with Gasteiger partial charge in [0.05, 0.1) is 6.04 Å². The fourth-order valence-corrected chi connectivity index (χ4v) is 1.81. The summed E-state index contributed by atoms with van der Waals surface area (Å²) in [6.07, 6.45) is 2.47. The highest BCUT2D eigenvalue weighted by atomic mass is 16.4. The molecule has 0 aliphatic rings. The Hall–Kier alpha value is -1.68. The van der Waals surface area contributed by atoms with E-state index in [4.69, 9.17) is 10.2 Å². The highest BCUT2D eigenvalue weighted by Crippen LogP contribution is 2.13. The van der Waals surface area contributed by atoms with E-state index in [1.165, 1.54) is 11.1 Å². The topological polar surface area (TPSA) is 64.9 Å². The molecule has 0 radical (unpaired) electrons. The molecule has 2 N–H and O–H groups in total. The zero-order chi connectivity index (χ0) is 13.0. The molecule has 4 nitrogen and oxygen atoms in total. The fourth-order valence-electron chi connectivity index (χ4n) is 1.81. The van der Waals surface area contributed by atoms with Gasteiger partial charge in [0.15, 0.2) is 0 Å². The standard InChI is InChI=1S/C14H19N3O/c1-3-12(15)14-17-16-13(18-14)8-7-11-6-4-5-10(2)9-11/h4-6,9,12H,3,7-8,15H2,1-2H3. The van der Waals surface area contributed by atoms with Gasteiger partial charge in [0.2, 0.25) is 11.8 Å². The molecule has 96 valence electrons. The lowest BCUT2D eigenvalue weighted by Crippen LogP contribution is -2.08. The molecular weight excluding hydrogens is 226 g/mol. The van der Waals surface area contributed by atoms with Crippen LogP contribution in [0.2, 0.25) is 0 Å². The minimum Gasteiger partial charge on any atom is -0.424 e.